The molecule has 0 aliphatic carbocycles. The third-order valence-corrected chi connectivity index (χ3v) is 2.42. The maximum Gasteiger partial charge on any atom is 0.308 e. The smallest absolute Gasteiger partial charge is 0.308 e. The fourth-order valence-corrected chi connectivity index (χ4v) is 1.57. The van der Waals surface area contributed by atoms with E-state index in [4.69, 9.17) is 9.84 Å². The number of carboxylic acids is 1. The minimum Gasteiger partial charge on any atom is -0.481 e. The molecule has 1 heterocycles. The molecule has 1 aliphatic rings. The maximum absolute atomic E-state index is 11.4. The van der Waals surface area contributed by atoms with Crippen LogP contribution in [0.5, 0.6) is 0 Å². The molecule has 0 saturated carbocycles. The topological polar surface area (TPSA) is 66.8 Å². The number of carbonyl (C=O) groups is 2. The predicted octanol–water partition coefficient (Wildman–Crippen LogP) is 0.346. The van der Waals surface area contributed by atoms with Gasteiger partial charge in [-0.2, -0.15) is 0 Å². The van der Waals surface area contributed by atoms with E-state index in [0.29, 0.717) is 26.3 Å². The average Bonchev–Trinajstić information content (AvgIpc) is 2.55. The Kier molecular flexibility index (Phi) is 4.55. The van der Waals surface area contributed by atoms with Crippen LogP contribution in [0.1, 0.15) is 19.8 Å². The fraction of sp³-hybridized carbons (Fsp3) is 0.800. The van der Waals surface area contributed by atoms with Gasteiger partial charge in [-0.3, -0.25) is 9.59 Å². The Morgan fingerprint density at radius 3 is 2.87 bits per heavy atom. The largest absolute Gasteiger partial charge is 0.481 e. The number of likely N-dealkylation sites (tertiary alicyclic amines) is 1. The molecule has 1 atom stereocenters. The van der Waals surface area contributed by atoms with Crippen molar-refractivity contribution < 1.29 is 19.4 Å². The predicted molar refractivity (Wildman–Crippen MR) is 53.4 cm³/mol. The van der Waals surface area contributed by atoms with E-state index in [9.17, 15) is 9.59 Å². The summed E-state index contributed by atoms with van der Waals surface area (Å²) in [6, 6.07) is 0. The molecule has 15 heavy (non-hydrogen) atoms. The van der Waals surface area contributed by atoms with Gasteiger partial charge in [0.1, 0.15) is 0 Å². The van der Waals surface area contributed by atoms with E-state index in [1.165, 1.54) is 0 Å². The molecule has 0 radical (unpaired) electrons. The van der Waals surface area contributed by atoms with Crippen LogP contribution < -0.4 is 0 Å². The Bertz CT molecular complexity index is 242. The summed E-state index contributed by atoms with van der Waals surface area (Å²) in [5, 5.41) is 8.75. The molecule has 0 spiro atoms. The van der Waals surface area contributed by atoms with Crippen molar-refractivity contribution >= 4 is 11.9 Å². The van der Waals surface area contributed by atoms with Gasteiger partial charge in [-0.1, -0.05) is 6.92 Å². The Morgan fingerprint density at radius 2 is 2.33 bits per heavy atom. The maximum atomic E-state index is 11.4. The molecule has 1 saturated heterocycles. The van der Waals surface area contributed by atoms with Gasteiger partial charge < -0.3 is 14.7 Å². The van der Waals surface area contributed by atoms with Crippen molar-refractivity contribution in [2.24, 2.45) is 5.92 Å². The summed E-state index contributed by atoms with van der Waals surface area (Å²) in [6.07, 6.45) is 1.08. The highest BCUT2D eigenvalue weighted by molar-refractivity contribution is 5.86. The number of nitrogens with zero attached hydrogens (tertiary/aromatic N) is 1. The molecule has 1 fully saturated rings. The first-order valence-electron chi connectivity index (χ1n) is 5.23. The van der Waals surface area contributed by atoms with Gasteiger partial charge in [0.05, 0.1) is 12.5 Å². The monoisotopic (exact) mass is 215 g/mol. The number of rotatable bonds is 6. The molecule has 1 rings (SSSR count). The van der Waals surface area contributed by atoms with E-state index in [1.54, 1.807) is 4.90 Å². The molecule has 0 aromatic carbocycles. The molecule has 5 nitrogen and oxygen atoms in total. The molecule has 1 unspecified atom stereocenters. The number of hydrogen-bond acceptors (Lipinski definition) is 3. The standard InChI is InChI=1S/C10H17NO4/c1-2-4-15-5-3-11-7-8(10(13)14)6-9(11)12/h8H,2-7H2,1H3,(H,13,14). The van der Waals surface area contributed by atoms with Crippen molar-refractivity contribution in [2.75, 3.05) is 26.3 Å². The second kappa shape index (κ2) is 5.70. The molecule has 1 N–H and O–H groups in total. The van der Waals surface area contributed by atoms with Gasteiger partial charge >= 0.3 is 5.97 Å². The van der Waals surface area contributed by atoms with Gasteiger partial charge in [0.15, 0.2) is 0 Å². The highest BCUT2D eigenvalue weighted by atomic mass is 16.5. The summed E-state index contributed by atoms with van der Waals surface area (Å²) >= 11 is 0. The third kappa shape index (κ3) is 3.51. The van der Waals surface area contributed by atoms with E-state index >= 15 is 0 Å². The summed E-state index contributed by atoms with van der Waals surface area (Å²) in [4.78, 5) is 23.6. The normalized spacial score (nSPS) is 21.0. The van der Waals surface area contributed by atoms with Crippen molar-refractivity contribution in [3.63, 3.8) is 0 Å². The summed E-state index contributed by atoms with van der Waals surface area (Å²) < 4.78 is 5.25. The number of carboxylic acid groups (broad SMARTS) is 1. The Balaban J connectivity index is 2.25. The van der Waals surface area contributed by atoms with Gasteiger partial charge in [-0.05, 0) is 6.42 Å². The van der Waals surface area contributed by atoms with Gasteiger partial charge in [0.25, 0.3) is 0 Å². The number of hydrogen-bond donors (Lipinski definition) is 1. The van der Waals surface area contributed by atoms with Crippen molar-refractivity contribution in [3.05, 3.63) is 0 Å². The van der Waals surface area contributed by atoms with Crippen LogP contribution >= 0.6 is 0 Å². The van der Waals surface area contributed by atoms with Gasteiger partial charge in [0.2, 0.25) is 5.91 Å². The van der Waals surface area contributed by atoms with Crippen LogP contribution in [0, 0.1) is 5.92 Å². The highest BCUT2D eigenvalue weighted by Crippen LogP contribution is 2.17. The van der Waals surface area contributed by atoms with Crippen LogP contribution in [0.25, 0.3) is 0 Å². The number of carbonyl (C=O) groups excluding carboxylic acids is 1. The van der Waals surface area contributed by atoms with Crippen molar-refractivity contribution in [1.82, 2.24) is 4.90 Å². The minimum absolute atomic E-state index is 0.0810. The molecule has 86 valence electrons. The first-order chi connectivity index (χ1) is 7.15. The molecule has 0 aromatic rings. The quantitative estimate of drug-likeness (QED) is 0.649. The highest BCUT2D eigenvalue weighted by Gasteiger charge is 2.33. The van der Waals surface area contributed by atoms with Crippen LogP contribution in [-0.4, -0.2) is 48.2 Å². The lowest BCUT2D eigenvalue weighted by molar-refractivity contribution is -0.141. The van der Waals surface area contributed by atoms with Crippen LogP contribution in [0.2, 0.25) is 0 Å². The van der Waals surface area contributed by atoms with Gasteiger partial charge in [-0.15, -0.1) is 0 Å². The van der Waals surface area contributed by atoms with Crippen molar-refractivity contribution in [2.45, 2.75) is 19.8 Å². The first kappa shape index (κ1) is 12.0. The van der Waals surface area contributed by atoms with Crippen LogP contribution in [0.3, 0.4) is 0 Å². The second-order valence-corrected chi connectivity index (χ2v) is 3.69. The zero-order valence-electron chi connectivity index (χ0n) is 8.94. The van der Waals surface area contributed by atoms with Crippen LogP contribution in [0.4, 0.5) is 0 Å². The first-order valence-corrected chi connectivity index (χ1v) is 5.23. The van der Waals surface area contributed by atoms with Crippen molar-refractivity contribution in [3.8, 4) is 0 Å². The summed E-state index contributed by atoms with van der Waals surface area (Å²) in [5.41, 5.74) is 0. The molecular weight excluding hydrogens is 198 g/mol. The Labute approximate surface area is 89.0 Å². The molecule has 1 aliphatic heterocycles. The summed E-state index contributed by atoms with van der Waals surface area (Å²) in [6.45, 7) is 4.02. The van der Waals surface area contributed by atoms with Crippen LogP contribution in [-0.2, 0) is 14.3 Å². The molecule has 0 aromatic heterocycles. The van der Waals surface area contributed by atoms with E-state index in [0.717, 1.165) is 6.42 Å². The Hall–Kier alpha value is -1.10. The molecule has 5 heteroatoms. The summed E-state index contributed by atoms with van der Waals surface area (Å²) in [7, 11) is 0. The average molecular weight is 215 g/mol. The van der Waals surface area contributed by atoms with Crippen molar-refractivity contribution in [1.29, 1.82) is 0 Å². The number of amides is 1. The molecule has 1 amide bonds. The zero-order chi connectivity index (χ0) is 11.3. The fourth-order valence-electron chi connectivity index (χ4n) is 1.57. The van der Waals surface area contributed by atoms with E-state index < -0.39 is 11.9 Å². The van der Waals surface area contributed by atoms with Crippen LogP contribution in [0.15, 0.2) is 0 Å². The third-order valence-electron chi connectivity index (χ3n) is 2.42. The lowest BCUT2D eigenvalue weighted by Gasteiger charge is -2.15. The Morgan fingerprint density at radius 1 is 1.60 bits per heavy atom. The van der Waals surface area contributed by atoms with Gasteiger partial charge in [0, 0.05) is 26.1 Å². The van der Waals surface area contributed by atoms with E-state index in [2.05, 4.69) is 0 Å². The lowest BCUT2D eigenvalue weighted by atomic mass is 10.1. The number of aliphatic carboxylic acids is 1. The second-order valence-electron chi connectivity index (χ2n) is 3.69. The van der Waals surface area contributed by atoms with Gasteiger partial charge in [-0.25, -0.2) is 0 Å². The zero-order valence-corrected chi connectivity index (χ0v) is 8.94. The minimum atomic E-state index is -0.889. The molecular formula is C10H17NO4. The molecule has 0 bridgehead atoms. The van der Waals surface area contributed by atoms with E-state index in [1.807, 2.05) is 6.92 Å². The number of ether oxygens (including phenoxy) is 1. The van der Waals surface area contributed by atoms with E-state index in [-0.39, 0.29) is 12.3 Å². The SMILES string of the molecule is CCCOCCN1CC(C(=O)O)CC1=O. The lowest BCUT2D eigenvalue weighted by Crippen LogP contribution is -2.29. The summed E-state index contributed by atoms with van der Waals surface area (Å²) in [5.74, 6) is -1.51.